The highest BCUT2D eigenvalue weighted by Gasteiger charge is 2.13. The summed E-state index contributed by atoms with van der Waals surface area (Å²) in [6, 6.07) is 13.4. The lowest BCUT2D eigenvalue weighted by molar-refractivity contribution is -0.0149. The van der Waals surface area contributed by atoms with E-state index in [1.165, 1.54) is 0 Å². The third-order valence-corrected chi connectivity index (χ3v) is 3.68. The van der Waals surface area contributed by atoms with Crippen LogP contribution in [0.1, 0.15) is 36.7 Å². The van der Waals surface area contributed by atoms with Crippen LogP contribution < -0.4 is 5.73 Å². The number of nitrogens with zero attached hydrogens (tertiary/aromatic N) is 1. The fourth-order valence-corrected chi connectivity index (χ4v) is 2.43. The molecule has 0 radical (unpaired) electrons. The number of para-hydroxylation sites is 1. The number of carbonyl (C=O) groups excluding carboxylic acids is 1. The van der Waals surface area contributed by atoms with Crippen LogP contribution in [0.4, 0.5) is 0 Å². The van der Waals surface area contributed by atoms with Gasteiger partial charge in [0.2, 0.25) is 0 Å². The number of fused-ring (bicyclic) bond motifs is 1. The lowest BCUT2D eigenvalue weighted by Gasteiger charge is -2.19. The number of hydrogen-bond donors (Lipinski definition) is 2. The number of benzene rings is 2. The zero-order chi connectivity index (χ0) is 17.3. The molecule has 3 rings (SSSR count). The molecule has 1 amide bonds. The normalized spacial score (nSPS) is 11.8. The molecule has 3 N–H and O–H groups in total. The highest BCUT2D eigenvalue weighted by Crippen LogP contribution is 2.23. The van der Waals surface area contributed by atoms with E-state index < -0.39 is 5.91 Å². The summed E-state index contributed by atoms with van der Waals surface area (Å²) in [6.45, 7) is 6.67. The Morgan fingerprint density at radius 1 is 1.17 bits per heavy atom. The summed E-state index contributed by atoms with van der Waals surface area (Å²) >= 11 is 0. The van der Waals surface area contributed by atoms with Crippen molar-refractivity contribution < 1.29 is 9.53 Å². The maximum absolute atomic E-state index is 11.5. The molecule has 0 unspecified atom stereocenters. The molecule has 0 atom stereocenters. The molecule has 0 spiro atoms. The van der Waals surface area contributed by atoms with Crippen LogP contribution >= 0.6 is 0 Å². The molecule has 1 heterocycles. The van der Waals surface area contributed by atoms with Gasteiger partial charge in [0.05, 0.1) is 23.3 Å². The van der Waals surface area contributed by atoms with E-state index in [9.17, 15) is 4.79 Å². The lowest BCUT2D eigenvalue weighted by Crippen LogP contribution is -2.18. The highest BCUT2D eigenvalue weighted by molar-refractivity contribution is 6.04. The van der Waals surface area contributed by atoms with Crippen molar-refractivity contribution in [3.63, 3.8) is 0 Å². The van der Waals surface area contributed by atoms with Crippen LogP contribution in [-0.2, 0) is 11.3 Å². The van der Waals surface area contributed by atoms with Crippen LogP contribution in [-0.4, -0.2) is 21.5 Å². The third kappa shape index (κ3) is 3.46. The number of ether oxygens (including phenoxy) is 1. The molecule has 3 aromatic rings. The van der Waals surface area contributed by atoms with Crippen LogP contribution in [0.15, 0.2) is 42.5 Å². The number of amides is 1. The van der Waals surface area contributed by atoms with Crippen LogP contribution in [0, 0.1) is 0 Å². The number of H-pyrrole nitrogens is 1. The van der Waals surface area contributed by atoms with Gasteiger partial charge in [0.15, 0.2) is 0 Å². The molecule has 0 saturated carbocycles. The minimum Gasteiger partial charge on any atom is -0.371 e. The molecule has 5 heteroatoms. The first-order valence-electron chi connectivity index (χ1n) is 7.85. The summed E-state index contributed by atoms with van der Waals surface area (Å²) in [5.74, 6) is 0.232. The standard InChI is InChI=1S/C19H21N3O2/c1-19(2,3)24-11-12-7-9-13(10-8-12)18-21-15-6-4-5-14(17(20)23)16(15)22-18/h4-10H,11H2,1-3H3,(H2,20,23)(H,21,22). The quantitative estimate of drug-likeness (QED) is 0.769. The SMILES string of the molecule is CC(C)(C)OCc1ccc(-c2nc3c(C(N)=O)cccc3[nH]2)cc1. The summed E-state index contributed by atoms with van der Waals surface area (Å²) in [5.41, 5.74) is 9.10. The number of carbonyl (C=O) groups is 1. The van der Waals surface area contributed by atoms with Gasteiger partial charge in [0.25, 0.3) is 5.91 Å². The summed E-state index contributed by atoms with van der Waals surface area (Å²) in [5, 5.41) is 0. The topological polar surface area (TPSA) is 81.0 Å². The number of nitrogens with two attached hydrogens (primary N) is 1. The second kappa shape index (κ2) is 6.09. The average molecular weight is 323 g/mol. The second-order valence-electron chi connectivity index (χ2n) is 6.75. The van der Waals surface area contributed by atoms with Gasteiger partial charge in [-0.05, 0) is 38.5 Å². The maximum atomic E-state index is 11.5. The maximum Gasteiger partial charge on any atom is 0.250 e. The number of rotatable bonds is 4. The minimum absolute atomic E-state index is 0.164. The molecule has 1 aromatic heterocycles. The van der Waals surface area contributed by atoms with E-state index in [2.05, 4.69) is 9.97 Å². The zero-order valence-corrected chi connectivity index (χ0v) is 14.1. The smallest absolute Gasteiger partial charge is 0.250 e. The first-order chi connectivity index (χ1) is 11.3. The molecule has 0 bridgehead atoms. The number of aromatic nitrogens is 2. The van der Waals surface area contributed by atoms with Crippen LogP contribution in [0.2, 0.25) is 0 Å². The lowest BCUT2D eigenvalue weighted by atomic mass is 10.1. The molecule has 24 heavy (non-hydrogen) atoms. The van der Waals surface area contributed by atoms with E-state index >= 15 is 0 Å². The Bertz CT molecular complexity index is 874. The van der Waals surface area contributed by atoms with Crippen molar-refractivity contribution in [1.29, 1.82) is 0 Å². The first-order valence-corrected chi connectivity index (χ1v) is 7.85. The van der Waals surface area contributed by atoms with E-state index in [4.69, 9.17) is 10.5 Å². The second-order valence-corrected chi connectivity index (χ2v) is 6.75. The first kappa shape index (κ1) is 16.2. The molecular weight excluding hydrogens is 302 g/mol. The van der Waals surface area contributed by atoms with Gasteiger partial charge in [0.1, 0.15) is 11.3 Å². The average Bonchev–Trinajstić information content (AvgIpc) is 2.96. The van der Waals surface area contributed by atoms with Crippen LogP contribution in [0.5, 0.6) is 0 Å². The van der Waals surface area contributed by atoms with Crippen molar-refractivity contribution in [3.05, 3.63) is 53.6 Å². The molecule has 0 aliphatic carbocycles. The van der Waals surface area contributed by atoms with Gasteiger partial charge in [0, 0.05) is 5.56 Å². The predicted molar refractivity (Wildman–Crippen MR) is 94.6 cm³/mol. The summed E-state index contributed by atoms with van der Waals surface area (Å²) in [4.78, 5) is 19.3. The van der Waals surface area contributed by atoms with E-state index in [0.717, 1.165) is 16.6 Å². The van der Waals surface area contributed by atoms with Gasteiger partial charge in [-0.15, -0.1) is 0 Å². The Hall–Kier alpha value is -2.66. The Labute approximate surface area is 140 Å². The van der Waals surface area contributed by atoms with E-state index in [1.807, 2.05) is 51.1 Å². The molecule has 5 nitrogen and oxygen atoms in total. The van der Waals surface area contributed by atoms with Crippen molar-refractivity contribution in [2.75, 3.05) is 0 Å². The third-order valence-electron chi connectivity index (χ3n) is 3.68. The molecule has 0 aliphatic heterocycles. The van der Waals surface area contributed by atoms with Crippen molar-refractivity contribution in [2.45, 2.75) is 33.0 Å². The van der Waals surface area contributed by atoms with Gasteiger partial charge in [-0.2, -0.15) is 0 Å². The molecular formula is C19H21N3O2. The minimum atomic E-state index is -0.478. The van der Waals surface area contributed by atoms with E-state index in [0.29, 0.717) is 23.5 Å². The Morgan fingerprint density at radius 2 is 1.88 bits per heavy atom. The molecule has 2 aromatic carbocycles. The predicted octanol–water partition coefficient (Wildman–Crippen LogP) is 3.64. The van der Waals surface area contributed by atoms with Crippen LogP contribution in [0.25, 0.3) is 22.4 Å². The summed E-state index contributed by atoms with van der Waals surface area (Å²) < 4.78 is 5.78. The van der Waals surface area contributed by atoms with Gasteiger partial charge in [-0.25, -0.2) is 4.98 Å². The van der Waals surface area contributed by atoms with Crippen molar-refractivity contribution >= 4 is 16.9 Å². The molecule has 0 fully saturated rings. The fourth-order valence-electron chi connectivity index (χ4n) is 2.43. The Balaban J connectivity index is 1.88. The van der Waals surface area contributed by atoms with Crippen molar-refractivity contribution in [2.24, 2.45) is 5.73 Å². The van der Waals surface area contributed by atoms with Crippen molar-refractivity contribution in [1.82, 2.24) is 9.97 Å². The number of hydrogen-bond acceptors (Lipinski definition) is 3. The number of primary amides is 1. The Morgan fingerprint density at radius 3 is 2.50 bits per heavy atom. The molecule has 124 valence electrons. The van der Waals surface area contributed by atoms with Gasteiger partial charge >= 0.3 is 0 Å². The number of imidazole rings is 1. The molecule has 0 aliphatic rings. The zero-order valence-electron chi connectivity index (χ0n) is 14.1. The number of aromatic amines is 1. The van der Waals surface area contributed by atoms with E-state index in [1.54, 1.807) is 12.1 Å². The highest BCUT2D eigenvalue weighted by atomic mass is 16.5. The summed E-state index contributed by atoms with van der Waals surface area (Å²) in [6.07, 6.45) is 0. The fraction of sp³-hybridized carbons (Fsp3) is 0.263. The van der Waals surface area contributed by atoms with Gasteiger partial charge < -0.3 is 15.5 Å². The van der Waals surface area contributed by atoms with Crippen LogP contribution in [0.3, 0.4) is 0 Å². The van der Waals surface area contributed by atoms with Gasteiger partial charge in [-0.3, -0.25) is 4.79 Å². The van der Waals surface area contributed by atoms with E-state index in [-0.39, 0.29) is 5.60 Å². The largest absolute Gasteiger partial charge is 0.371 e. The van der Waals surface area contributed by atoms with Gasteiger partial charge in [-0.1, -0.05) is 30.3 Å². The number of nitrogens with one attached hydrogen (secondary N) is 1. The van der Waals surface area contributed by atoms with Crippen molar-refractivity contribution in [3.8, 4) is 11.4 Å². The monoisotopic (exact) mass is 323 g/mol. The summed E-state index contributed by atoms with van der Waals surface area (Å²) in [7, 11) is 0. The molecule has 0 saturated heterocycles. The Kier molecular flexibility index (Phi) is 4.11.